The number of nitriles is 1. The first kappa shape index (κ1) is 17.8. The van der Waals surface area contributed by atoms with Crippen molar-refractivity contribution in [3.8, 4) is 6.07 Å². The molecule has 132 valence electrons. The predicted octanol–water partition coefficient (Wildman–Crippen LogP) is 2.58. The third kappa shape index (κ3) is 3.49. The lowest BCUT2D eigenvalue weighted by Crippen LogP contribution is -2.19. The van der Waals surface area contributed by atoms with Gasteiger partial charge in [0, 0.05) is 11.6 Å². The Morgan fingerprint density at radius 3 is 2.73 bits per heavy atom. The molecule has 0 aliphatic heterocycles. The number of rotatable bonds is 5. The lowest BCUT2D eigenvalue weighted by Gasteiger charge is -2.17. The van der Waals surface area contributed by atoms with E-state index in [4.69, 9.17) is 0 Å². The van der Waals surface area contributed by atoms with Gasteiger partial charge < -0.3 is 5.32 Å². The summed E-state index contributed by atoms with van der Waals surface area (Å²) < 4.78 is 26.3. The number of hydrogen-bond donors (Lipinski definition) is 2. The monoisotopic (exact) mass is 367 g/mol. The van der Waals surface area contributed by atoms with E-state index in [-0.39, 0.29) is 10.9 Å². The van der Waals surface area contributed by atoms with Crippen molar-refractivity contribution in [3.63, 3.8) is 0 Å². The average Bonchev–Trinajstić information content (AvgIpc) is 2.67. The molecule has 0 spiro atoms. The molecule has 3 aromatic rings. The van der Waals surface area contributed by atoms with Crippen molar-refractivity contribution in [2.24, 2.45) is 0 Å². The molecular formula is C18H17N5O2S. The molecule has 1 atom stereocenters. The summed E-state index contributed by atoms with van der Waals surface area (Å²) in [7, 11) is -2.15. The number of nitrogens with zero attached hydrogens (tertiary/aromatic N) is 3. The Labute approximate surface area is 151 Å². The molecule has 0 fully saturated rings. The molecule has 0 bridgehead atoms. The summed E-state index contributed by atoms with van der Waals surface area (Å²) in [4.78, 5) is 8.81. The van der Waals surface area contributed by atoms with Crippen molar-refractivity contribution in [3.05, 3.63) is 59.8 Å². The second-order valence-electron chi connectivity index (χ2n) is 5.69. The summed E-state index contributed by atoms with van der Waals surface area (Å²) in [5.74, 6) is 0.410. The molecule has 3 rings (SSSR count). The van der Waals surface area contributed by atoms with Crippen LogP contribution in [0.1, 0.15) is 24.1 Å². The van der Waals surface area contributed by atoms with Crippen LogP contribution in [0.15, 0.2) is 53.6 Å². The number of anilines is 1. The molecule has 1 unspecified atom stereocenters. The highest BCUT2D eigenvalue weighted by Crippen LogP contribution is 2.24. The molecule has 2 heterocycles. The largest absolute Gasteiger partial charge is 0.362 e. The standard InChI is InChI=1S/C18H17N5O2S/c1-12(13-5-3-7-16(10-13)26(24,25)20-2)22-18-15(11-19)9-14-6-4-8-21-17(14)23-18/h3-10,12,20H,1-2H3,(H,21,22,23). The zero-order chi connectivity index (χ0) is 18.7. The van der Waals surface area contributed by atoms with Crippen molar-refractivity contribution in [1.29, 1.82) is 5.26 Å². The van der Waals surface area contributed by atoms with Crippen molar-refractivity contribution >= 4 is 26.9 Å². The number of benzene rings is 1. The van der Waals surface area contributed by atoms with E-state index in [1.807, 2.05) is 19.1 Å². The molecule has 0 amide bonds. The highest BCUT2D eigenvalue weighted by Gasteiger charge is 2.15. The molecule has 0 saturated carbocycles. The average molecular weight is 367 g/mol. The van der Waals surface area contributed by atoms with Gasteiger partial charge in [-0.1, -0.05) is 12.1 Å². The maximum absolute atomic E-state index is 12.0. The molecule has 26 heavy (non-hydrogen) atoms. The van der Waals surface area contributed by atoms with Crippen molar-refractivity contribution in [1.82, 2.24) is 14.7 Å². The number of sulfonamides is 1. The van der Waals surface area contributed by atoms with E-state index >= 15 is 0 Å². The minimum Gasteiger partial charge on any atom is -0.362 e. The molecule has 2 N–H and O–H groups in total. The Balaban J connectivity index is 1.96. The summed E-state index contributed by atoms with van der Waals surface area (Å²) in [5.41, 5.74) is 1.69. The van der Waals surface area contributed by atoms with E-state index in [0.717, 1.165) is 10.9 Å². The minimum absolute atomic E-state index is 0.180. The van der Waals surface area contributed by atoms with E-state index in [1.165, 1.54) is 13.1 Å². The van der Waals surface area contributed by atoms with Gasteiger partial charge >= 0.3 is 0 Å². The van der Waals surface area contributed by atoms with E-state index in [2.05, 4.69) is 26.1 Å². The summed E-state index contributed by atoms with van der Waals surface area (Å²) in [6.45, 7) is 1.87. The first-order chi connectivity index (χ1) is 12.4. The number of aromatic nitrogens is 2. The van der Waals surface area contributed by atoms with Crippen LogP contribution >= 0.6 is 0 Å². The Bertz CT molecular complexity index is 1110. The highest BCUT2D eigenvalue weighted by molar-refractivity contribution is 7.89. The maximum atomic E-state index is 12.0. The van der Waals surface area contributed by atoms with E-state index in [9.17, 15) is 13.7 Å². The first-order valence-corrected chi connectivity index (χ1v) is 9.39. The lowest BCUT2D eigenvalue weighted by molar-refractivity contribution is 0.588. The molecular weight excluding hydrogens is 350 g/mol. The zero-order valence-electron chi connectivity index (χ0n) is 14.3. The highest BCUT2D eigenvalue weighted by atomic mass is 32.2. The summed E-state index contributed by atoms with van der Waals surface area (Å²) in [5, 5.41) is 13.4. The molecule has 0 aliphatic carbocycles. The summed E-state index contributed by atoms with van der Waals surface area (Å²) in [6, 6.07) is 13.8. The molecule has 1 aromatic carbocycles. The van der Waals surface area contributed by atoms with E-state index < -0.39 is 10.0 Å². The molecule has 0 saturated heterocycles. The van der Waals surface area contributed by atoms with Gasteiger partial charge in [-0.25, -0.2) is 23.1 Å². The number of nitrogens with one attached hydrogen (secondary N) is 2. The fourth-order valence-corrected chi connectivity index (χ4v) is 3.34. The Morgan fingerprint density at radius 2 is 2.00 bits per heavy atom. The lowest BCUT2D eigenvalue weighted by atomic mass is 10.1. The molecule has 0 aliphatic rings. The van der Waals surface area contributed by atoms with Crippen LogP contribution in [-0.2, 0) is 10.0 Å². The third-order valence-electron chi connectivity index (χ3n) is 4.00. The van der Waals surface area contributed by atoms with Gasteiger partial charge in [0.25, 0.3) is 0 Å². The Kier molecular flexibility index (Phi) is 4.84. The van der Waals surface area contributed by atoms with Crippen LogP contribution in [0.5, 0.6) is 0 Å². The molecule has 7 nitrogen and oxygen atoms in total. The Morgan fingerprint density at radius 1 is 1.19 bits per heavy atom. The van der Waals surface area contributed by atoms with Crippen LogP contribution in [0, 0.1) is 11.3 Å². The van der Waals surface area contributed by atoms with Gasteiger partial charge in [0.05, 0.1) is 16.5 Å². The normalized spacial score (nSPS) is 12.5. The van der Waals surface area contributed by atoms with E-state index in [1.54, 1.807) is 30.5 Å². The molecule has 2 aromatic heterocycles. The number of hydrogen-bond acceptors (Lipinski definition) is 6. The van der Waals surface area contributed by atoms with Crippen LogP contribution < -0.4 is 10.0 Å². The molecule has 0 radical (unpaired) electrons. The first-order valence-electron chi connectivity index (χ1n) is 7.90. The van der Waals surface area contributed by atoms with Crippen LogP contribution in [0.25, 0.3) is 11.0 Å². The van der Waals surface area contributed by atoms with Crippen molar-refractivity contribution in [2.45, 2.75) is 17.9 Å². The van der Waals surface area contributed by atoms with Gasteiger partial charge in [0.15, 0.2) is 5.65 Å². The zero-order valence-corrected chi connectivity index (χ0v) is 15.1. The minimum atomic E-state index is -3.52. The van der Waals surface area contributed by atoms with Crippen LogP contribution in [0.2, 0.25) is 0 Å². The number of fused-ring (bicyclic) bond motifs is 1. The fraction of sp³-hybridized carbons (Fsp3) is 0.167. The van der Waals surface area contributed by atoms with Gasteiger partial charge in [-0.15, -0.1) is 0 Å². The van der Waals surface area contributed by atoms with Crippen molar-refractivity contribution < 1.29 is 8.42 Å². The van der Waals surface area contributed by atoms with Crippen LogP contribution in [-0.4, -0.2) is 25.4 Å². The van der Waals surface area contributed by atoms with Gasteiger partial charge in [-0.3, -0.25) is 0 Å². The van der Waals surface area contributed by atoms with Gasteiger partial charge in [0.1, 0.15) is 11.9 Å². The number of pyridine rings is 2. The Hall–Kier alpha value is -3.02. The topological polar surface area (TPSA) is 108 Å². The van der Waals surface area contributed by atoms with Gasteiger partial charge in [-0.05, 0) is 49.9 Å². The SMILES string of the molecule is CNS(=O)(=O)c1cccc(C(C)Nc2nc3ncccc3cc2C#N)c1. The molecule has 8 heteroatoms. The second kappa shape index (κ2) is 7.07. The maximum Gasteiger partial charge on any atom is 0.240 e. The third-order valence-corrected chi connectivity index (χ3v) is 5.41. The van der Waals surface area contributed by atoms with Crippen LogP contribution in [0.3, 0.4) is 0 Å². The quantitative estimate of drug-likeness (QED) is 0.718. The summed E-state index contributed by atoms with van der Waals surface area (Å²) in [6.07, 6.45) is 1.64. The smallest absolute Gasteiger partial charge is 0.240 e. The second-order valence-corrected chi connectivity index (χ2v) is 7.58. The van der Waals surface area contributed by atoms with Gasteiger partial charge in [0.2, 0.25) is 10.0 Å². The van der Waals surface area contributed by atoms with E-state index in [0.29, 0.717) is 17.0 Å². The fourth-order valence-electron chi connectivity index (χ4n) is 2.56. The summed E-state index contributed by atoms with van der Waals surface area (Å²) >= 11 is 0. The van der Waals surface area contributed by atoms with Gasteiger partial charge in [-0.2, -0.15) is 5.26 Å². The predicted molar refractivity (Wildman–Crippen MR) is 99.0 cm³/mol. The van der Waals surface area contributed by atoms with Crippen LogP contribution in [0.4, 0.5) is 5.82 Å². The van der Waals surface area contributed by atoms with Crippen molar-refractivity contribution in [2.75, 3.05) is 12.4 Å².